The van der Waals surface area contributed by atoms with E-state index in [-0.39, 0.29) is 22.6 Å². The number of anilines is 1. The van der Waals surface area contributed by atoms with Crippen molar-refractivity contribution in [2.24, 2.45) is 0 Å². The fraction of sp³-hybridized carbons (Fsp3) is 0.192. The molecule has 0 spiro atoms. The standard InChI is InChI=1S/C26H24ClN7O/c1-3-33-16-28-26(32-33)31-25(35)19-15-20-23(29-22(19)27)30-24(34(20)4-2)21(17-11-7-5-8-12-17)18-13-9-6-10-14-18/h5-16,21H,3-4H2,1-2H3,(H,31,32,35). The molecule has 0 aliphatic rings. The van der Waals surface area contributed by atoms with Crippen LogP contribution in [0.5, 0.6) is 0 Å². The summed E-state index contributed by atoms with van der Waals surface area (Å²) in [4.78, 5) is 26.5. The smallest absolute Gasteiger partial charge is 0.261 e. The number of hydrogen-bond acceptors (Lipinski definition) is 5. The minimum absolute atomic E-state index is 0.0770. The lowest BCUT2D eigenvalue weighted by Gasteiger charge is -2.19. The number of carbonyl (C=O) groups is 1. The van der Waals surface area contributed by atoms with Gasteiger partial charge < -0.3 is 4.57 Å². The third-order valence-electron chi connectivity index (χ3n) is 5.89. The SMILES string of the molecule is CCn1cnc(NC(=O)c2cc3c(nc2Cl)nc(C(c2ccccc2)c2ccccc2)n3CC)n1. The highest BCUT2D eigenvalue weighted by Gasteiger charge is 2.25. The Kier molecular flexibility index (Phi) is 6.29. The van der Waals surface area contributed by atoms with Crippen molar-refractivity contribution in [1.29, 1.82) is 0 Å². The summed E-state index contributed by atoms with van der Waals surface area (Å²) in [6.45, 7) is 5.29. The molecule has 0 aliphatic carbocycles. The molecule has 9 heteroatoms. The summed E-state index contributed by atoms with van der Waals surface area (Å²) >= 11 is 6.45. The molecule has 5 rings (SSSR count). The Balaban J connectivity index is 1.61. The van der Waals surface area contributed by atoms with Crippen molar-refractivity contribution in [2.45, 2.75) is 32.9 Å². The van der Waals surface area contributed by atoms with E-state index < -0.39 is 5.91 Å². The molecular formula is C26H24ClN7O. The highest BCUT2D eigenvalue weighted by atomic mass is 35.5. The van der Waals surface area contributed by atoms with Crippen LogP contribution in [0.15, 0.2) is 73.1 Å². The zero-order chi connectivity index (χ0) is 24.4. The van der Waals surface area contributed by atoms with E-state index >= 15 is 0 Å². The lowest BCUT2D eigenvalue weighted by Crippen LogP contribution is -2.15. The third kappa shape index (κ3) is 4.40. The summed E-state index contributed by atoms with van der Waals surface area (Å²) < 4.78 is 3.72. The maximum Gasteiger partial charge on any atom is 0.261 e. The van der Waals surface area contributed by atoms with Gasteiger partial charge in [0.1, 0.15) is 17.3 Å². The van der Waals surface area contributed by atoms with E-state index in [0.717, 1.165) is 22.5 Å². The monoisotopic (exact) mass is 485 g/mol. The van der Waals surface area contributed by atoms with Gasteiger partial charge in [0.25, 0.3) is 5.91 Å². The Morgan fingerprint density at radius 3 is 2.20 bits per heavy atom. The van der Waals surface area contributed by atoms with E-state index in [0.29, 0.717) is 18.7 Å². The lowest BCUT2D eigenvalue weighted by atomic mass is 9.90. The van der Waals surface area contributed by atoms with Crippen molar-refractivity contribution >= 4 is 34.6 Å². The molecule has 1 N–H and O–H groups in total. The zero-order valence-electron chi connectivity index (χ0n) is 19.4. The number of rotatable bonds is 7. The summed E-state index contributed by atoms with van der Waals surface area (Å²) in [7, 11) is 0. The van der Waals surface area contributed by atoms with Crippen molar-refractivity contribution < 1.29 is 4.79 Å². The number of aromatic nitrogens is 6. The van der Waals surface area contributed by atoms with E-state index in [9.17, 15) is 4.79 Å². The number of carbonyl (C=O) groups excluding carboxylic acids is 1. The molecule has 0 unspecified atom stereocenters. The maximum atomic E-state index is 13.0. The molecule has 35 heavy (non-hydrogen) atoms. The van der Waals surface area contributed by atoms with Crippen molar-refractivity contribution in [3.05, 3.63) is 101 Å². The van der Waals surface area contributed by atoms with Crippen LogP contribution in [0.3, 0.4) is 0 Å². The molecule has 0 fully saturated rings. The van der Waals surface area contributed by atoms with Crippen molar-refractivity contribution in [1.82, 2.24) is 29.3 Å². The molecule has 1 amide bonds. The van der Waals surface area contributed by atoms with Gasteiger partial charge in [-0.1, -0.05) is 72.3 Å². The highest BCUT2D eigenvalue weighted by Crippen LogP contribution is 2.34. The van der Waals surface area contributed by atoms with Gasteiger partial charge in [0.05, 0.1) is 17.0 Å². The maximum absolute atomic E-state index is 13.0. The number of fused-ring (bicyclic) bond motifs is 1. The second kappa shape index (κ2) is 9.68. The molecule has 0 atom stereocenters. The fourth-order valence-electron chi connectivity index (χ4n) is 4.21. The molecule has 0 radical (unpaired) electrons. The van der Waals surface area contributed by atoms with Gasteiger partial charge in [-0.2, -0.15) is 0 Å². The second-order valence-electron chi connectivity index (χ2n) is 8.02. The number of nitrogens with zero attached hydrogens (tertiary/aromatic N) is 6. The minimum atomic E-state index is -0.425. The molecule has 176 valence electrons. The Hall–Kier alpha value is -4.04. The molecule has 2 aromatic carbocycles. The van der Waals surface area contributed by atoms with Crippen molar-refractivity contribution in [3.8, 4) is 0 Å². The first kappa shape index (κ1) is 22.7. The van der Waals surface area contributed by atoms with Crippen LogP contribution in [0, 0.1) is 0 Å². The molecule has 0 saturated heterocycles. The van der Waals surface area contributed by atoms with Gasteiger partial charge in [-0.05, 0) is 31.0 Å². The number of imidazole rings is 1. The average molecular weight is 486 g/mol. The Morgan fingerprint density at radius 2 is 1.63 bits per heavy atom. The van der Waals surface area contributed by atoms with Crippen LogP contribution in [0.1, 0.15) is 47.1 Å². The van der Waals surface area contributed by atoms with E-state index in [2.05, 4.69) is 49.2 Å². The predicted molar refractivity (Wildman–Crippen MR) is 136 cm³/mol. The summed E-state index contributed by atoms with van der Waals surface area (Å²) in [5, 5.41) is 6.99. The van der Waals surface area contributed by atoms with Gasteiger partial charge >= 0.3 is 0 Å². The Morgan fingerprint density at radius 1 is 0.971 bits per heavy atom. The van der Waals surface area contributed by atoms with Gasteiger partial charge in [0.15, 0.2) is 5.65 Å². The number of amides is 1. The topological polar surface area (TPSA) is 90.5 Å². The normalized spacial score (nSPS) is 11.3. The largest absolute Gasteiger partial charge is 0.326 e. The Labute approximate surface area is 207 Å². The number of benzene rings is 2. The van der Waals surface area contributed by atoms with Gasteiger partial charge in [-0.15, -0.1) is 5.10 Å². The molecule has 8 nitrogen and oxygen atoms in total. The first-order valence-corrected chi connectivity index (χ1v) is 11.8. The molecule has 0 saturated carbocycles. The number of halogens is 1. The zero-order valence-corrected chi connectivity index (χ0v) is 20.1. The van der Waals surface area contributed by atoms with Gasteiger partial charge in [-0.25, -0.2) is 15.0 Å². The molecule has 5 aromatic rings. The first-order valence-electron chi connectivity index (χ1n) is 11.5. The molecule has 0 aliphatic heterocycles. The Bertz CT molecular complexity index is 1440. The first-order chi connectivity index (χ1) is 17.1. The number of hydrogen-bond donors (Lipinski definition) is 1. The van der Waals surface area contributed by atoms with Gasteiger partial charge in [0.2, 0.25) is 5.95 Å². The van der Waals surface area contributed by atoms with Crippen LogP contribution in [-0.2, 0) is 13.1 Å². The van der Waals surface area contributed by atoms with Crippen molar-refractivity contribution in [2.75, 3.05) is 5.32 Å². The van der Waals surface area contributed by atoms with Gasteiger partial charge in [0, 0.05) is 13.1 Å². The van der Waals surface area contributed by atoms with Crippen molar-refractivity contribution in [3.63, 3.8) is 0 Å². The van der Waals surface area contributed by atoms with Crippen LogP contribution >= 0.6 is 11.6 Å². The van der Waals surface area contributed by atoms with Crippen LogP contribution in [0.25, 0.3) is 11.2 Å². The summed E-state index contributed by atoms with van der Waals surface area (Å²) in [5.41, 5.74) is 3.70. The summed E-state index contributed by atoms with van der Waals surface area (Å²) in [5.74, 6) is 0.520. The van der Waals surface area contributed by atoms with Crippen LogP contribution < -0.4 is 5.32 Å². The molecule has 3 heterocycles. The number of pyridine rings is 1. The molecular weight excluding hydrogens is 462 g/mol. The van der Waals surface area contributed by atoms with Gasteiger partial charge in [-0.3, -0.25) is 14.8 Å². The van der Waals surface area contributed by atoms with Crippen LogP contribution in [0.4, 0.5) is 5.95 Å². The highest BCUT2D eigenvalue weighted by molar-refractivity contribution is 6.33. The average Bonchev–Trinajstić information content (AvgIpc) is 3.48. The number of nitrogens with one attached hydrogen (secondary N) is 1. The molecule has 3 aromatic heterocycles. The van der Waals surface area contributed by atoms with Crippen LogP contribution in [-0.4, -0.2) is 35.2 Å². The lowest BCUT2D eigenvalue weighted by molar-refractivity contribution is 0.102. The predicted octanol–water partition coefficient (Wildman–Crippen LogP) is 5.15. The third-order valence-corrected chi connectivity index (χ3v) is 6.18. The molecule has 0 bridgehead atoms. The summed E-state index contributed by atoms with van der Waals surface area (Å²) in [6.07, 6.45) is 1.56. The second-order valence-corrected chi connectivity index (χ2v) is 8.37. The van der Waals surface area contributed by atoms with E-state index in [1.165, 1.54) is 0 Å². The van der Waals surface area contributed by atoms with E-state index in [1.807, 2.05) is 50.2 Å². The quantitative estimate of drug-likeness (QED) is 0.322. The fourth-order valence-corrected chi connectivity index (χ4v) is 4.43. The van der Waals surface area contributed by atoms with Crippen LogP contribution in [0.2, 0.25) is 5.15 Å². The minimum Gasteiger partial charge on any atom is -0.326 e. The van der Waals surface area contributed by atoms with E-state index in [4.69, 9.17) is 16.6 Å². The number of aryl methyl sites for hydroxylation is 2. The summed E-state index contributed by atoms with van der Waals surface area (Å²) in [6, 6.07) is 22.2. The van der Waals surface area contributed by atoms with E-state index in [1.54, 1.807) is 17.1 Å².